The number of nitrogens with zero attached hydrogens (tertiary/aromatic N) is 1. The van der Waals surface area contributed by atoms with Crippen molar-refractivity contribution in [2.45, 2.75) is 12.8 Å². The minimum atomic E-state index is -0.355. The number of benzene rings is 2. The summed E-state index contributed by atoms with van der Waals surface area (Å²) in [4.78, 5) is 37.8. The van der Waals surface area contributed by atoms with Gasteiger partial charge in [-0.3, -0.25) is 14.4 Å². The van der Waals surface area contributed by atoms with Crippen molar-refractivity contribution in [3.8, 4) is 0 Å². The Bertz CT molecular complexity index is 890. The van der Waals surface area contributed by atoms with Gasteiger partial charge in [0.25, 0.3) is 11.8 Å². The monoisotopic (exact) mass is 385 g/mol. The highest BCUT2D eigenvalue weighted by Crippen LogP contribution is 2.30. The molecule has 0 unspecified atom stereocenters. The Balaban J connectivity index is 1.70. The average Bonchev–Trinajstić information content (AvgIpc) is 3.48. The highest BCUT2D eigenvalue weighted by molar-refractivity contribution is 6.34. The third-order valence-corrected chi connectivity index (χ3v) is 4.56. The van der Waals surface area contributed by atoms with Gasteiger partial charge in [0, 0.05) is 36.8 Å². The fourth-order valence-electron chi connectivity index (χ4n) is 2.50. The molecule has 0 radical (unpaired) electrons. The van der Waals surface area contributed by atoms with Gasteiger partial charge in [0.15, 0.2) is 0 Å². The van der Waals surface area contributed by atoms with Crippen molar-refractivity contribution >= 4 is 40.7 Å². The maximum atomic E-state index is 12.5. The zero-order valence-corrected chi connectivity index (χ0v) is 15.8. The summed E-state index contributed by atoms with van der Waals surface area (Å²) in [5.74, 6) is -0.405. The molecule has 1 saturated carbocycles. The third-order valence-electron chi connectivity index (χ3n) is 4.23. The fraction of sp³-hybridized carbons (Fsp3) is 0.250. The van der Waals surface area contributed by atoms with Gasteiger partial charge in [-0.2, -0.15) is 0 Å². The van der Waals surface area contributed by atoms with Crippen molar-refractivity contribution in [1.82, 2.24) is 4.90 Å². The molecule has 27 heavy (non-hydrogen) atoms. The van der Waals surface area contributed by atoms with Crippen LogP contribution in [0.2, 0.25) is 5.02 Å². The van der Waals surface area contributed by atoms with Crippen molar-refractivity contribution < 1.29 is 14.4 Å². The standard InChI is InChI=1S/C20H20ClN3O3/c1-24(2)20(27)14-7-10-16(21)17(11-14)23-19(26)13-5-8-15(9-6-13)22-18(25)12-3-4-12/h5-12H,3-4H2,1-2H3,(H,22,25)(H,23,26). The van der Waals surface area contributed by atoms with Crippen molar-refractivity contribution in [3.63, 3.8) is 0 Å². The number of rotatable bonds is 5. The summed E-state index contributed by atoms with van der Waals surface area (Å²) in [7, 11) is 3.30. The second-order valence-corrected chi connectivity index (χ2v) is 7.10. The Labute approximate surface area is 162 Å². The first-order valence-electron chi connectivity index (χ1n) is 8.58. The SMILES string of the molecule is CN(C)C(=O)c1ccc(Cl)c(NC(=O)c2ccc(NC(=O)C3CC3)cc2)c1. The smallest absolute Gasteiger partial charge is 0.255 e. The summed E-state index contributed by atoms with van der Waals surface area (Å²) in [6.45, 7) is 0. The van der Waals surface area contributed by atoms with E-state index in [1.54, 1.807) is 56.6 Å². The number of anilines is 2. The molecule has 0 bridgehead atoms. The third kappa shape index (κ3) is 4.65. The van der Waals surface area contributed by atoms with Crippen molar-refractivity contribution in [3.05, 3.63) is 58.6 Å². The first-order chi connectivity index (χ1) is 12.8. The highest BCUT2D eigenvalue weighted by atomic mass is 35.5. The zero-order chi connectivity index (χ0) is 19.6. The molecule has 0 atom stereocenters. The second-order valence-electron chi connectivity index (χ2n) is 6.69. The van der Waals surface area contributed by atoms with Gasteiger partial charge in [-0.1, -0.05) is 11.6 Å². The van der Waals surface area contributed by atoms with Crippen LogP contribution in [-0.2, 0) is 4.79 Å². The van der Waals surface area contributed by atoms with E-state index in [0.29, 0.717) is 27.5 Å². The summed E-state index contributed by atoms with van der Waals surface area (Å²) < 4.78 is 0. The topological polar surface area (TPSA) is 78.5 Å². The van der Waals surface area contributed by atoms with Gasteiger partial charge < -0.3 is 15.5 Å². The van der Waals surface area contributed by atoms with Gasteiger partial charge in [0.05, 0.1) is 10.7 Å². The van der Waals surface area contributed by atoms with Crippen LogP contribution in [0.15, 0.2) is 42.5 Å². The van der Waals surface area contributed by atoms with Crippen molar-refractivity contribution in [2.75, 3.05) is 24.7 Å². The Morgan fingerprint density at radius 2 is 1.59 bits per heavy atom. The summed E-state index contributed by atoms with van der Waals surface area (Å²) >= 11 is 6.14. The lowest BCUT2D eigenvalue weighted by atomic mass is 10.1. The number of amides is 3. The Morgan fingerprint density at radius 3 is 2.19 bits per heavy atom. The molecule has 2 N–H and O–H groups in total. The molecule has 0 heterocycles. The second kappa shape index (κ2) is 7.80. The summed E-state index contributed by atoms with van der Waals surface area (Å²) in [6.07, 6.45) is 1.87. The largest absolute Gasteiger partial charge is 0.345 e. The van der Waals surface area contributed by atoms with Gasteiger partial charge in [0.2, 0.25) is 5.91 Å². The molecule has 0 aromatic heterocycles. The molecule has 1 aliphatic carbocycles. The van der Waals surface area contributed by atoms with Crippen LogP contribution in [-0.4, -0.2) is 36.7 Å². The fourth-order valence-corrected chi connectivity index (χ4v) is 2.67. The molecule has 3 amide bonds. The van der Waals surface area contributed by atoms with E-state index in [4.69, 9.17) is 11.6 Å². The van der Waals surface area contributed by atoms with Crippen molar-refractivity contribution in [1.29, 1.82) is 0 Å². The number of carbonyl (C=O) groups is 3. The Kier molecular flexibility index (Phi) is 5.46. The number of nitrogens with one attached hydrogen (secondary N) is 2. The summed E-state index contributed by atoms with van der Waals surface area (Å²) in [5, 5.41) is 5.89. The lowest BCUT2D eigenvalue weighted by Crippen LogP contribution is -2.22. The van der Waals surface area contributed by atoms with E-state index >= 15 is 0 Å². The predicted molar refractivity (Wildman–Crippen MR) is 105 cm³/mol. The molecule has 0 spiro atoms. The molecule has 1 aliphatic rings. The first kappa shape index (κ1) is 18.9. The first-order valence-corrected chi connectivity index (χ1v) is 8.96. The van der Waals surface area contributed by atoms with Gasteiger partial charge in [-0.15, -0.1) is 0 Å². The summed E-state index contributed by atoms with van der Waals surface area (Å²) in [5.41, 5.74) is 1.86. The molecule has 0 aliphatic heterocycles. The number of carbonyl (C=O) groups excluding carboxylic acids is 3. The number of halogens is 1. The number of hydrogen-bond donors (Lipinski definition) is 2. The number of hydrogen-bond acceptors (Lipinski definition) is 3. The minimum Gasteiger partial charge on any atom is -0.345 e. The summed E-state index contributed by atoms with van der Waals surface area (Å²) in [6, 6.07) is 11.3. The van der Waals surface area contributed by atoms with Crippen LogP contribution in [0.4, 0.5) is 11.4 Å². The Hall–Kier alpha value is -2.86. The van der Waals surface area contributed by atoms with Crippen LogP contribution in [0, 0.1) is 5.92 Å². The van der Waals surface area contributed by atoms with Crippen LogP contribution in [0.5, 0.6) is 0 Å². The molecular weight excluding hydrogens is 366 g/mol. The molecule has 2 aromatic rings. The van der Waals surface area contributed by atoms with E-state index in [1.165, 1.54) is 4.90 Å². The molecule has 7 heteroatoms. The van der Waals surface area contributed by atoms with Crippen LogP contribution >= 0.6 is 11.6 Å². The lowest BCUT2D eigenvalue weighted by Gasteiger charge is -2.13. The quantitative estimate of drug-likeness (QED) is 0.824. The maximum absolute atomic E-state index is 12.5. The van der Waals surface area contributed by atoms with Crippen LogP contribution < -0.4 is 10.6 Å². The van der Waals surface area contributed by atoms with E-state index in [2.05, 4.69) is 10.6 Å². The van der Waals surface area contributed by atoms with Crippen LogP contribution in [0.3, 0.4) is 0 Å². The molecule has 0 saturated heterocycles. The molecule has 2 aromatic carbocycles. The van der Waals surface area contributed by atoms with Gasteiger partial charge in [-0.25, -0.2) is 0 Å². The average molecular weight is 386 g/mol. The predicted octanol–water partition coefficient (Wildman–Crippen LogP) is 3.64. The molecule has 140 valence electrons. The molecular formula is C20H20ClN3O3. The van der Waals surface area contributed by atoms with E-state index in [-0.39, 0.29) is 23.6 Å². The van der Waals surface area contributed by atoms with Crippen LogP contribution in [0.1, 0.15) is 33.6 Å². The zero-order valence-electron chi connectivity index (χ0n) is 15.1. The van der Waals surface area contributed by atoms with E-state index < -0.39 is 0 Å². The highest BCUT2D eigenvalue weighted by Gasteiger charge is 2.29. The van der Waals surface area contributed by atoms with Gasteiger partial charge in [0.1, 0.15) is 0 Å². The molecule has 1 fully saturated rings. The molecule has 6 nitrogen and oxygen atoms in total. The Morgan fingerprint density at radius 1 is 0.963 bits per heavy atom. The normalized spacial score (nSPS) is 13.0. The van der Waals surface area contributed by atoms with E-state index in [9.17, 15) is 14.4 Å². The molecule has 3 rings (SSSR count). The van der Waals surface area contributed by atoms with E-state index in [0.717, 1.165) is 12.8 Å². The van der Waals surface area contributed by atoms with Gasteiger partial charge >= 0.3 is 0 Å². The van der Waals surface area contributed by atoms with Crippen LogP contribution in [0.25, 0.3) is 0 Å². The van der Waals surface area contributed by atoms with Gasteiger partial charge in [-0.05, 0) is 55.3 Å². The maximum Gasteiger partial charge on any atom is 0.255 e. The van der Waals surface area contributed by atoms with Crippen molar-refractivity contribution in [2.24, 2.45) is 5.92 Å². The van der Waals surface area contributed by atoms with E-state index in [1.807, 2.05) is 0 Å². The lowest BCUT2D eigenvalue weighted by molar-refractivity contribution is -0.117. The minimum absolute atomic E-state index is 0.0151.